The van der Waals surface area contributed by atoms with E-state index in [4.69, 9.17) is 0 Å². The summed E-state index contributed by atoms with van der Waals surface area (Å²) in [6, 6.07) is 63.2. The molecule has 11 aromatic rings. The zero-order valence-electron chi connectivity index (χ0n) is 33.7. The lowest BCUT2D eigenvalue weighted by atomic mass is 9.90. The first-order valence-corrected chi connectivity index (χ1v) is 22.0. The summed E-state index contributed by atoms with van der Waals surface area (Å²) in [5.41, 5.74) is 11.6. The molecule has 12 rings (SSSR count). The van der Waals surface area contributed by atoms with Crippen LogP contribution in [-0.2, 0) is 6.42 Å². The molecule has 0 radical (unpaired) electrons. The number of hydrogen-bond acceptors (Lipinski definition) is 2. The van der Waals surface area contributed by atoms with Crippen LogP contribution in [0.5, 0.6) is 0 Å². The first kappa shape index (κ1) is 35.7. The smallest absolute Gasteiger partial charge is 0.126 e. The summed E-state index contributed by atoms with van der Waals surface area (Å²) in [7, 11) is 0. The highest BCUT2D eigenvalue weighted by Gasteiger charge is 2.25. The standard InChI is InChI=1S/C57H41N3S/c1-35-29-30-36-15-5-7-23-43(36)50(35)53(38-17-3-2-4-18-38)59-57(58)41-21-13-19-39(33-41)40-20-14-22-42(34-40)60-54-44-24-8-6-16-37(44)31-32-48(54)51-45-25-9-10-26-46(45)52-47-27-11-12-28-49(47)61-56(52)55(51)60/h2-11,13-27,29-34,53H,12,28H2,1H3,(H2,58,59). The Balaban J connectivity index is 1.03. The molecule has 1 unspecified atom stereocenters. The molecule has 4 heteroatoms. The number of amidine groups is 1. The van der Waals surface area contributed by atoms with Crippen molar-refractivity contribution in [1.82, 2.24) is 9.88 Å². The highest BCUT2D eigenvalue weighted by molar-refractivity contribution is 7.20. The number of aromatic nitrogens is 1. The first-order valence-electron chi connectivity index (χ1n) is 21.2. The quantitative estimate of drug-likeness (QED) is 0.128. The van der Waals surface area contributed by atoms with Gasteiger partial charge < -0.3 is 9.88 Å². The van der Waals surface area contributed by atoms with Crippen LogP contribution in [0, 0.1) is 12.3 Å². The summed E-state index contributed by atoms with van der Waals surface area (Å²) in [5, 5.41) is 24.7. The Morgan fingerprint density at radius 2 is 1.28 bits per heavy atom. The van der Waals surface area contributed by atoms with Gasteiger partial charge in [-0.15, -0.1) is 11.3 Å². The van der Waals surface area contributed by atoms with E-state index in [1.54, 1.807) is 0 Å². The minimum absolute atomic E-state index is 0.205. The van der Waals surface area contributed by atoms with Gasteiger partial charge in [0.05, 0.1) is 21.8 Å². The van der Waals surface area contributed by atoms with Crippen LogP contribution in [0.1, 0.15) is 45.2 Å². The molecule has 0 spiro atoms. The predicted molar refractivity (Wildman–Crippen MR) is 261 cm³/mol. The fraction of sp³-hybridized carbons (Fsp3) is 0.0702. The van der Waals surface area contributed by atoms with Crippen molar-refractivity contribution < 1.29 is 0 Å². The van der Waals surface area contributed by atoms with Gasteiger partial charge in [-0.05, 0) is 98.3 Å². The number of allylic oxidation sites excluding steroid dienone is 1. The maximum atomic E-state index is 9.59. The van der Waals surface area contributed by atoms with Crippen molar-refractivity contribution in [2.24, 2.45) is 0 Å². The second-order valence-corrected chi connectivity index (χ2v) is 17.5. The van der Waals surface area contributed by atoms with Gasteiger partial charge in [-0.25, -0.2) is 0 Å². The van der Waals surface area contributed by atoms with Gasteiger partial charge in [0.15, 0.2) is 0 Å². The normalized spacial score (nSPS) is 13.1. The van der Waals surface area contributed by atoms with Crippen molar-refractivity contribution in [3.63, 3.8) is 0 Å². The largest absolute Gasteiger partial charge is 0.359 e. The molecule has 61 heavy (non-hydrogen) atoms. The summed E-state index contributed by atoms with van der Waals surface area (Å²) >= 11 is 1.98. The van der Waals surface area contributed by atoms with E-state index < -0.39 is 0 Å². The third-order valence-corrected chi connectivity index (χ3v) is 14.1. The van der Waals surface area contributed by atoms with E-state index in [-0.39, 0.29) is 6.04 Å². The molecule has 0 bridgehead atoms. The minimum atomic E-state index is -0.205. The van der Waals surface area contributed by atoms with Crippen molar-refractivity contribution in [2.75, 3.05) is 0 Å². The fourth-order valence-corrected chi connectivity index (χ4v) is 11.4. The third-order valence-electron chi connectivity index (χ3n) is 12.9. The zero-order chi connectivity index (χ0) is 40.6. The van der Waals surface area contributed by atoms with Gasteiger partial charge in [-0.3, -0.25) is 5.41 Å². The van der Waals surface area contributed by atoms with Crippen LogP contribution in [0.15, 0.2) is 182 Å². The third kappa shape index (κ3) is 5.67. The molecule has 9 aromatic carbocycles. The van der Waals surface area contributed by atoms with E-state index >= 15 is 0 Å². The molecule has 1 aliphatic carbocycles. The lowest BCUT2D eigenvalue weighted by Crippen LogP contribution is -2.30. The van der Waals surface area contributed by atoms with Gasteiger partial charge in [0, 0.05) is 37.7 Å². The summed E-state index contributed by atoms with van der Waals surface area (Å²) in [6.07, 6.45) is 6.87. The first-order chi connectivity index (χ1) is 30.1. The number of nitrogens with one attached hydrogen (secondary N) is 2. The maximum Gasteiger partial charge on any atom is 0.126 e. The lowest BCUT2D eigenvalue weighted by molar-refractivity contribution is 0.760. The Hall–Kier alpha value is -7.27. The molecule has 2 N–H and O–H groups in total. The van der Waals surface area contributed by atoms with Crippen molar-refractivity contribution in [2.45, 2.75) is 25.8 Å². The average molecular weight is 800 g/mol. The molecule has 0 saturated carbocycles. The van der Waals surface area contributed by atoms with Crippen LogP contribution in [0.25, 0.3) is 87.1 Å². The predicted octanol–water partition coefficient (Wildman–Crippen LogP) is 15.1. The number of aryl methyl sites for hydroxylation is 2. The molecule has 1 aliphatic rings. The second kappa shape index (κ2) is 14.2. The van der Waals surface area contributed by atoms with Crippen molar-refractivity contribution in [3.8, 4) is 16.8 Å². The molecular weight excluding hydrogens is 759 g/mol. The summed E-state index contributed by atoms with van der Waals surface area (Å²) < 4.78 is 3.91. The molecule has 0 aliphatic heterocycles. The van der Waals surface area contributed by atoms with Crippen LogP contribution in [0.4, 0.5) is 0 Å². The molecule has 0 saturated heterocycles. The van der Waals surface area contributed by atoms with Gasteiger partial charge in [-0.1, -0.05) is 170 Å². The Kier molecular flexibility index (Phi) is 8.29. The van der Waals surface area contributed by atoms with E-state index in [1.807, 2.05) is 11.3 Å². The molecule has 1 atom stereocenters. The van der Waals surface area contributed by atoms with E-state index in [0.717, 1.165) is 40.8 Å². The Labute approximate surface area is 358 Å². The van der Waals surface area contributed by atoms with E-state index in [0.29, 0.717) is 5.84 Å². The van der Waals surface area contributed by atoms with E-state index in [2.05, 4.69) is 205 Å². The van der Waals surface area contributed by atoms with E-state index in [9.17, 15) is 5.41 Å². The number of thiophene rings is 1. The molecule has 2 heterocycles. The average Bonchev–Trinajstić information content (AvgIpc) is 3.89. The van der Waals surface area contributed by atoms with Crippen LogP contribution in [0.2, 0.25) is 0 Å². The highest BCUT2D eigenvalue weighted by Crippen LogP contribution is 2.49. The lowest BCUT2D eigenvalue weighted by Gasteiger charge is -2.25. The monoisotopic (exact) mass is 799 g/mol. The fourth-order valence-electron chi connectivity index (χ4n) is 10.1. The van der Waals surface area contributed by atoms with Crippen molar-refractivity contribution in [3.05, 3.63) is 215 Å². The van der Waals surface area contributed by atoms with Gasteiger partial charge in [0.2, 0.25) is 0 Å². The summed E-state index contributed by atoms with van der Waals surface area (Å²) in [5.74, 6) is 0.387. The number of hydrogen-bond donors (Lipinski definition) is 2. The van der Waals surface area contributed by atoms with Crippen LogP contribution in [0.3, 0.4) is 0 Å². The Morgan fingerprint density at radius 1 is 0.607 bits per heavy atom. The van der Waals surface area contributed by atoms with Crippen molar-refractivity contribution >= 4 is 87.5 Å². The SMILES string of the molecule is Cc1ccc2ccccc2c1C(NC(=N)c1cccc(-c2cccc(-n3c4c5ccccc5ccc4c4c5ccccc5c5c6c(sc5c43)CCC=C6)c2)c1)c1ccccc1. The van der Waals surface area contributed by atoms with Crippen LogP contribution in [-0.4, -0.2) is 10.4 Å². The molecule has 290 valence electrons. The zero-order valence-corrected chi connectivity index (χ0v) is 34.6. The summed E-state index contributed by atoms with van der Waals surface area (Å²) in [6.45, 7) is 2.17. The molecule has 2 aromatic heterocycles. The second-order valence-electron chi connectivity index (χ2n) is 16.4. The van der Waals surface area contributed by atoms with Gasteiger partial charge in [-0.2, -0.15) is 0 Å². The topological polar surface area (TPSA) is 40.8 Å². The number of rotatable bonds is 6. The van der Waals surface area contributed by atoms with Crippen LogP contribution >= 0.6 is 11.3 Å². The highest BCUT2D eigenvalue weighted by atomic mass is 32.1. The Morgan fingerprint density at radius 3 is 2.10 bits per heavy atom. The van der Waals surface area contributed by atoms with Crippen LogP contribution < -0.4 is 5.32 Å². The molecule has 3 nitrogen and oxygen atoms in total. The number of nitrogens with zero attached hydrogens (tertiary/aromatic N) is 1. The van der Waals surface area contributed by atoms with Gasteiger partial charge in [0.25, 0.3) is 0 Å². The van der Waals surface area contributed by atoms with E-state index in [1.165, 1.54) is 85.8 Å². The minimum Gasteiger partial charge on any atom is -0.359 e. The Bertz CT molecular complexity index is 3610. The van der Waals surface area contributed by atoms with Gasteiger partial charge in [0.1, 0.15) is 5.84 Å². The van der Waals surface area contributed by atoms with Crippen molar-refractivity contribution in [1.29, 1.82) is 5.41 Å². The summed E-state index contributed by atoms with van der Waals surface area (Å²) in [4.78, 5) is 1.48. The number of benzene rings is 9. The molecule has 0 fully saturated rings. The maximum absolute atomic E-state index is 9.59. The number of fused-ring (bicyclic) bond motifs is 13. The van der Waals surface area contributed by atoms with Gasteiger partial charge >= 0.3 is 0 Å². The molecule has 0 amide bonds. The molecular formula is C57H41N3S.